The summed E-state index contributed by atoms with van der Waals surface area (Å²) in [4.78, 5) is 18.9. The highest BCUT2D eigenvalue weighted by Crippen LogP contribution is 2.32. The Labute approximate surface area is 165 Å². The molecule has 0 bridgehead atoms. The zero-order valence-electron chi connectivity index (χ0n) is 15.7. The van der Waals surface area contributed by atoms with Gasteiger partial charge in [-0.3, -0.25) is 4.79 Å². The Morgan fingerprint density at radius 2 is 1.86 bits per heavy atom. The van der Waals surface area contributed by atoms with Gasteiger partial charge >= 0.3 is 0 Å². The molecule has 1 amide bonds. The van der Waals surface area contributed by atoms with Crippen molar-refractivity contribution in [3.63, 3.8) is 0 Å². The number of carbonyl (C=O) groups excluding carboxylic acids is 1. The average Bonchev–Trinajstić information content (AvgIpc) is 2.75. The summed E-state index contributed by atoms with van der Waals surface area (Å²) < 4.78 is 5.56. The van der Waals surface area contributed by atoms with Crippen molar-refractivity contribution in [1.29, 1.82) is 0 Å². The molecule has 0 atom stereocenters. The summed E-state index contributed by atoms with van der Waals surface area (Å²) in [7, 11) is 0. The van der Waals surface area contributed by atoms with Crippen LogP contribution in [-0.4, -0.2) is 24.0 Å². The number of hydrogen-bond acceptors (Lipinski definition) is 4. The van der Waals surface area contributed by atoms with E-state index in [2.05, 4.69) is 39.5 Å². The molecule has 0 saturated carbocycles. The van der Waals surface area contributed by atoms with E-state index in [0.717, 1.165) is 31.0 Å². The summed E-state index contributed by atoms with van der Waals surface area (Å²) in [6, 6.07) is 21.8. The second kappa shape index (κ2) is 8.57. The zero-order chi connectivity index (χ0) is 19.2. The SMILES string of the molecule is O=C(CCOc1ccccc1)Nc1ccc(N2CCCc3ccccc32)nc1. The second-order valence-corrected chi connectivity index (χ2v) is 6.75. The number of nitrogens with one attached hydrogen (secondary N) is 1. The molecular weight excluding hydrogens is 350 g/mol. The fraction of sp³-hybridized carbons (Fsp3) is 0.217. The number of pyridine rings is 1. The van der Waals surface area contributed by atoms with Gasteiger partial charge in [0, 0.05) is 12.2 Å². The van der Waals surface area contributed by atoms with Crippen molar-refractivity contribution in [1.82, 2.24) is 4.98 Å². The summed E-state index contributed by atoms with van der Waals surface area (Å²) in [5.74, 6) is 1.58. The van der Waals surface area contributed by atoms with Gasteiger partial charge in [-0.1, -0.05) is 36.4 Å². The number of rotatable bonds is 6. The number of benzene rings is 2. The third-order valence-electron chi connectivity index (χ3n) is 4.76. The largest absolute Gasteiger partial charge is 0.493 e. The standard InChI is InChI=1S/C23H23N3O2/c27-23(14-16-28-20-9-2-1-3-10-20)25-19-12-13-22(24-17-19)26-15-6-8-18-7-4-5-11-21(18)26/h1-5,7,9-13,17H,6,8,14-16H2,(H,25,27). The molecule has 5 nitrogen and oxygen atoms in total. The third kappa shape index (κ3) is 4.31. The molecule has 0 unspecified atom stereocenters. The maximum atomic E-state index is 12.1. The molecule has 1 aromatic heterocycles. The minimum Gasteiger partial charge on any atom is -0.493 e. The van der Waals surface area contributed by atoms with Crippen LogP contribution in [0.25, 0.3) is 0 Å². The molecule has 2 aromatic carbocycles. The lowest BCUT2D eigenvalue weighted by molar-refractivity contribution is -0.116. The number of aromatic nitrogens is 1. The monoisotopic (exact) mass is 373 g/mol. The Morgan fingerprint density at radius 3 is 2.68 bits per heavy atom. The van der Waals surface area contributed by atoms with E-state index >= 15 is 0 Å². The van der Waals surface area contributed by atoms with Crippen molar-refractivity contribution >= 4 is 23.1 Å². The molecule has 3 aromatic rings. The van der Waals surface area contributed by atoms with Crippen molar-refractivity contribution in [3.8, 4) is 5.75 Å². The fourth-order valence-corrected chi connectivity index (χ4v) is 3.39. The number of amides is 1. The predicted molar refractivity (Wildman–Crippen MR) is 111 cm³/mol. The summed E-state index contributed by atoms with van der Waals surface area (Å²) in [6.07, 6.45) is 4.21. The molecule has 0 radical (unpaired) electrons. The molecule has 0 fully saturated rings. The molecule has 0 spiro atoms. The highest BCUT2D eigenvalue weighted by atomic mass is 16.5. The topological polar surface area (TPSA) is 54.5 Å². The second-order valence-electron chi connectivity index (χ2n) is 6.75. The number of hydrogen-bond donors (Lipinski definition) is 1. The maximum absolute atomic E-state index is 12.1. The molecule has 142 valence electrons. The van der Waals surface area contributed by atoms with Gasteiger partial charge < -0.3 is 15.0 Å². The van der Waals surface area contributed by atoms with Crippen LogP contribution >= 0.6 is 0 Å². The van der Waals surface area contributed by atoms with E-state index in [9.17, 15) is 4.79 Å². The van der Waals surface area contributed by atoms with Crippen LogP contribution in [0, 0.1) is 0 Å². The van der Waals surface area contributed by atoms with Crippen molar-refractivity contribution in [3.05, 3.63) is 78.5 Å². The van der Waals surface area contributed by atoms with E-state index in [-0.39, 0.29) is 12.3 Å². The van der Waals surface area contributed by atoms with Gasteiger partial charge in [0.15, 0.2) is 0 Å². The van der Waals surface area contributed by atoms with E-state index in [1.54, 1.807) is 6.20 Å². The number of anilines is 3. The lowest BCUT2D eigenvalue weighted by Crippen LogP contribution is -2.25. The van der Waals surface area contributed by atoms with Gasteiger partial charge in [0.1, 0.15) is 11.6 Å². The Hall–Kier alpha value is -3.34. The number of nitrogens with zero attached hydrogens (tertiary/aromatic N) is 2. The lowest BCUT2D eigenvalue weighted by atomic mass is 10.0. The van der Waals surface area contributed by atoms with Crippen LogP contribution in [-0.2, 0) is 11.2 Å². The fourth-order valence-electron chi connectivity index (χ4n) is 3.39. The summed E-state index contributed by atoms with van der Waals surface area (Å²) in [5, 5.41) is 2.88. The highest BCUT2D eigenvalue weighted by Gasteiger charge is 2.18. The molecule has 1 aliphatic rings. The minimum absolute atomic E-state index is 0.0891. The molecule has 1 aliphatic heterocycles. The van der Waals surface area contributed by atoms with E-state index in [1.165, 1.54) is 11.3 Å². The van der Waals surface area contributed by atoms with Crippen LogP contribution in [0.4, 0.5) is 17.2 Å². The molecule has 0 saturated heterocycles. The quantitative estimate of drug-likeness (QED) is 0.687. The predicted octanol–water partition coefficient (Wildman–Crippen LogP) is 4.57. The molecule has 2 heterocycles. The maximum Gasteiger partial charge on any atom is 0.227 e. The summed E-state index contributed by atoms with van der Waals surface area (Å²) in [5.41, 5.74) is 3.26. The summed E-state index contributed by atoms with van der Waals surface area (Å²) in [6.45, 7) is 1.29. The van der Waals surface area contributed by atoms with E-state index < -0.39 is 0 Å². The van der Waals surface area contributed by atoms with Crippen LogP contribution in [0.15, 0.2) is 72.9 Å². The van der Waals surface area contributed by atoms with Gasteiger partial charge in [-0.25, -0.2) is 4.98 Å². The van der Waals surface area contributed by atoms with Gasteiger partial charge in [-0.2, -0.15) is 0 Å². The first-order valence-electron chi connectivity index (χ1n) is 9.59. The molecule has 28 heavy (non-hydrogen) atoms. The van der Waals surface area contributed by atoms with Gasteiger partial charge in [0.2, 0.25) is 5.91 Å². The Morgan fingerprint density at radius 1 is 1.04 bits per heavy atom. The number of fused-ring (bicyclic) bond motifs is 1. The lowest BCUT2D eigenvalue weighted by Gasteiger charge is -2.30. The van der Waals surface area contributed by atoms with Crippen LogP contribution < -0.4 is 15.0 Å². The highest BCUT2D eigenvalue weighted by molar-refractivity contribution is 5.90. The number of aryl methyl sites for hydroxylation is 1. The van der Waals surface area contributed by atoms with Crippen LogP contribution in [0.1, 0.15) is 18.4 Å². The Balaban J connectivity index is 1.33. The smallest absolute Gasteiger partial charge is 0.227 e. The minimum atomic E-state index is -0.0891. The van der Waals surface area contributed by atoms with Gasteiger partial charge in [-0.05, 0) is 48.7 Å². The van der Waals surface area contributed by atoms with Crippen molar-refractivity contribution < 1.29 is 9.53 Å². The molecule has 0 aliphatic carbocycles. The average molecular weight is 373 g/mol. The first kappa shape index (κ1) is 18.0. The number of ether oxygens (including phenoxy) is 1. The Bertz CT molecular complexity index is 926. The van der Waals surface area contributed by atoms with Crippen LogP contribution in [0.2, 0.25) is 0 Å². The van der Waals surface area contributed by atoms with Crippen LogP contribution in [0.5, 0.6) is 5.75 Å². The number of para-hydroxylation sites is 2. The molecule has 1 N–H and O–H groups in total. The first-order valence-corrected chi connectivity index (χ1v) is 9.59. The van der Waals surface area contributed by atoms with Gasteiger partial charge in [0.05, 0.1) is 24.9 Å². The van der Waals surface area contributed by atoms with Gasteiger partial charge in [0.25, 0.3) is 0 Å². The van der Waals surface area contributed by atoms with E-state index in [0.29, 0.717) is 12.3 Å². The van der Waals surface area contributed by atoms with E-state index in [4.69, 9.17) is 4.74 Å². The third-order valence-corrected chi connectivity index (χ3v) is 4.76. The molecular formula is C23H23N3O2. The van der Waals surface area contributed by atoms with E-state index in [1.807, 2.05) is 42.5 Å². The number of carbonyl (C=O) groups is 1. The molecule has 5 heteroatoms. The Kier molecular flexibility index (Phi) is 5.52. The normalized spacial score (nSPS) is 12.9. The summed E-state index contributed by atoms with van der Waals surface area (Å²) >= 11 is 0. The van der Waals surface area contributed by atoms with Crippen molar-refractivity contribution in [2.75, 3.05) is 23.4 Å². The first-order chi connectivity index (χ1) is 13.8. The van der Waals surface area contributed by atoms with Gasteiger partial charge in [-0.15, -0.1) is 0 Å². The van der Waals surface area contributed by atoms with Crippen molar-refractivity contribution in [2.24, 2.45) is 0 Å². The van der Waals surface area contributed by atoms with Crippen molar-refractivity contribution in [2.45, 2.75) is 19.3 Å². The zero-order valence-corrected chi connectivity index (χ0v) is 15.7. The van der Waals surface area contributed by atoms with Crippen LogP contribution in [0.3, 0.4) is 0 Å². The molecule has 4 rings (SSSR count).